The minimum atomic E-state index is -0.933. The molecule has 0 radical (unpaired) electrons. The lowest BCUT2D eigenvalue weighted by molar-refractivity contribution is 0.210. The average Bonchev–Trinajstić information content (AvgIpc) is 2.01. The Morgan fingerprint density at radius 2 is 2.14 bits per heavy atom. The lowest BCUT2D eigenvalue weighted by Crippen LogP contribution is -2.17. The Labute approximate surface area is 81.7 Å². The SMILES string of the molecule is CC(C)c1ccc(F)cc1OC(N)=O. The molecule has 0 aliphatic rings. The molecule has 0 bridgehead atoms. The van der Waals surface area contributed by atoms with Gasteiger partial charge in [0.1, 0.15) is 11.6 Å². The summed E-state index contributed by atoms with van der Waals surface area (Å²) in [5.74, 6) is -0.122. The Balaban J connectivity index is 3.09. The minimum Gasteiger partial charge on any atom is -0.410 e. The van der Waals surface area contributed by atoms with Crippen molar-refractivity contribution in [1.29, 1.82) is 0 Å². The topological polar surface area (TPSA) is 52.3 Å². The van der Waals surface area contributed by atoms with Crippen LogP contribution in [-0.4, -0.2) is 6.09 Å². The van der Waals surface area contributed by atoms with E-state index in [1.54, 1.807) is 6.07 Å². The molecule has 1 aromatic carbocycles. The summed E-state index contributed by atoms with van der Waals surface area (Å²) in [6.45, 7) is 3.84. The maximum absolute atomic E-state index is 12.8. The Morgan fingerprint density at radius 3 is 2.64 bits per heavy atom. The molecule has 0 unspecified atom stereocenters. The van der Waals surface area contributed by atoms with Crippen LogP contribution in [0.25, 0.3) is 0 Å². The average molecular weight is 197 g/mol. The predicted octanol–water partition coefficient (Wildman–Crippen LogP) is 2.41. The third-order valence-electron chi connectivity index (χ3n) is 1.81. The normalized spacial score (nSPS) is 10.3. The van der Waals surface area contributed by atoms with Crippen LogP contribution in [0.1, 0.15) is 25.3 Å². The lowest BCUT2D eigenvalue weighted by Gasteiger charge is -2.11. The van der Waals surface area contributed by atoms with E-state index in [1.807, 2.05) is 13.8 Å². The van der Waals surface area contributed by atoms with Gasteiger partial charge in [0, 0.05) is 6.07 Å². The van der Waals surface area contributed by atoms with Crippen LogP contribution in [0.2, 0.25) is 0 Å². The van der Waals surface area contributed by atoms with E-state index in [0.29, 0.717) is 0 Å². The largest absolute Gasteiger partial charge is 0.410 e. The number of halogens is 1. The number of nitrogens with two attached hydrogens (primary N) is 1. The van der Waals surface area contributed by atoms with E-state index < -0.39 is 11.9 Å². The Bertz CT molecular complexity index is 350. The standard InChI is InChI=1S/C10H12FNO2/c1-6(2)8-4-3-7(11)5-9(8)14-10(12)13/h3-6H,1-2H3,(H2,12,13). The van der Waals surface area contributed by atoms with Gasteiger partial charge in [0.05, 0.1) is 0 Å². The van der Waals surface area contributed by atoms with Gasteiger partial charge in [-0.2, -0.15) is 0 Å². The fourth-order valence-corrected chi connectivity index (χ4v) is 1.18. The molecule has 4 heteroatoms. The maximum atomic E-state index is 12.8. The number of amides is 1. The van der Waals surface area contributed by atoms with Gasteiger partial charge in [-0.15, -0.1) is 0 Å². The molecular formula is C10H12FNO2. The molecule has 3 nitrogen and oxygen atoms in total. The molecule has 0 spiro atoms. The summed E-state index contributed by atoms with van der Waals surface area (Å²) in [6.07, 6.45) is -0.933. The number of carbonyl (C=O) groups is 1. The third-order valence-corrected chi connectivity index (χ3v) is 1.81. The van der Waals surface area contributed by atoms with Crippen molar-refractivity contribution in [3.63, 3.8) is 0 Å². The van der Waals surface area contributed by atoms with Crippen molar-refractivity contribution in [3.05, 3.63) is 29.6 Å². The van der Waals surface area contributed by atoms with E-state index in [2.05, 4.69) is 4.74 Å². The molecule has 1 rings (SSSR count). The highest BCUT2D eigenvalue weighted by Crippen LogP contribution is 2.26. The highest BCUT2D eigenvalue weighted by Gasteiger charge is 2.10. The number of hydrogen-bond acceptors (Lipinski definition) is 2. The zero-order valence-electron chi connectivity index (χ0n) is 8.08. The number of ether oxygens (including phenoxy) is 1. The van der Waals surface area contributed by atoms with Crippen LogP contribution in [-0.2, 0) is 0 Å². The second kappa shape index (κ2) is 4.09. The van der Waals surface area contributed by atoms with Gasteiger partial charge in [-0.3, -0.25) is 0 Å². The molecule has 0 fully saturated rings. The molecule has 1 aromatic rings. The number of hydrogen-bond donors (Lipinski definition) is 1. The van der Waals surface area contributed by atoms with Gasteiger partial charge in [0.2, 0.25) is 0 Å². The second-order valence-corrected chi connectivity index (χ2v) is 3.26. The molecule has 0 heterocycles. The van der Waals surface area contributed by atoms with Crippen molar-refractivity contribution in [3.8, 4) is 5.75 Å². The smallest absolute Gasteiger partial charge is 0.409 e. The molecule has 0 saturated heterocycles. The quantitative estimate of drug-likeness (QED) is 0.791. The van der Waals surface area contributed by atoms with Crippen LogP contribution in [0.3, 0.4) is 0 Å². The van der Waals surface area contributed by atoms with Crippen LogP contribution in [0.5, 0.6) is 5.75 Å². The molecule has 76 valence electrons. The number of rotatable bonds is 2. The number of carbonyl (C=O) groups excluding carboxylic acids is 1. The summed E-state index contributed by atoms with van der Waals surface area (Å²) >= 11 is 0. The Morgan fingerprint density at radius 1 is 1.50 bits per heavy atom. The van der Waals surface area contributed by atoms with E-state index in [0.717, 1.165) is 11.6 Å². The fraction of sp³-hybridized carbons (Fsp3) is 0.300. The summed E-state index contributed by atoms with van der Waals surface area (Å²) in [7, 11) is 0. The van der Waals surface area contributed by atoms with Gasteiger partial charge in [0.15, 0.2) is 0 Å². The van der Waals surface area contributed by atoms with Crippen molar-refractivity contribution >= 4 is 6.09 Å². The molecule has 0 saturated carbocycles. The van der Waals surface area contributed by atoms with E-state index in [9.17, 15) is 9.18 Å². The van der Waals surface area contributed by atoms with Gasteiger partial charge >= 0.3 is 6.09 Å². The maximum Gasteiger partial charge on any atom is 0.409 e. The van der Waals surface area contributed by atoms with Gasteiger partial charge < -0.3 is 10.5 Å². The molecule has 0 aliphatic carbocycles. The summed E-state index contributed by atoms with van der Waals surface area (Å²) in [6, 6.07) is 4.06. The van der Waals surface area contributed by atoms with Gasteiger partial charge in [-0.25, -0.2) is 9.18 Å². The first kappa shape index (κ1) is 10.5. The van der Waals surface area contributed by atoms with Crippen LogP contribution >= 0.6 is 0 Å². The van der Waals surface area contributed by atoms with Gasteiger partial charge in [-0.05, 0) is 17.5 Å². The predicted molar refractivity (Wildman–Crippen MR) is 50.7 cm³/mol. The van der Waals surface area contributed by atoms with Crippen LogP contribution in [0, 0.1) is 5.82 Å². The van der Waals surface area contributed by atoms with E-state index in [1.165, 1.54) is 6.07 Å². The molecule has 0 aliphatic heterocycles. The minimum absolute atomic E-state index is 0.143. The summed E-state index contributed by atoms with van der Waals surface area (Å²) in [5.41, 5.74) is 5.61. The summed E-state index contributed by atoms with van der Waals surface area (Å²) in [5, 5.41) is 0. The van der Waals surface area contributed by atoms with Crippen LogP contribution < -0.4 is 10.5 Å². The van der Waals surface area contributed by atoms with Crippen molar-refractivity contribution < 1.29 is 13.9 Å². The summed E-state index contributed by atoms with van der Waals surface area (Å²) < 4.78 is 17.5. The highest BCUT2D eigenvalue weighted by molar-refractivity contribution is 5.68. The first-order valence-corrected chi connectivity index (χ1v) is 4.27. The molecule has 1 amide bonds. The molecule has 0 atom stereocenters. The van der Waals surface area contributed by atoms with E-state index >= 15 is 0 Å². The molecule has 14 heavy (non-hydrogen) atoms. The van der Waals surface area contributed by atoms with Crippen LogP contribution in [0.15, 0.2) is 18.2 Å². The van der Waals surface area contributed by atoms with Crippen molar-refractivity contribution in [1.82, 2.24) is 0 Å². The van der Waals surface area contributed by atoms with Crippen molar-refractivity contribution in [2.75, 3.05) is 0 Å². The molecule has 0 aromatic heterocycles. The zero-order valence-corrected chi connectivity index (χ0v) is 8.08. The molecular weight excluding hydrogens is 185 g/mol. The zero-order chi connectivity index (χ0) is 10.7. The highest BCUT2D eigenvalue weighted by atomic mass is 19.1. The van der Waals surface area contributed by atoms with Crippen molar-refractivity contribution in [2.24, 2.45) is 5.73 Å². The Hall–Kier alpha value is -1.58. The number of benzene rings is 1. The van der Waals surface area contributed by atoms with Gasteiger partial charge in [-0.1, -0.05) is 19.9 Å². The van der Waals surface area contributed by atoms with Gasteiger partial charge in [0.25, 0.3) is 0 Å². The monoisotopic (exact) mass is 197 g/mol. The molecule has 2 N–H and O–H groups in total. The van der Waals surface area contributed by atoms with E-state index in [4.69, 9.17) is 5.73 Å². The first-order chi connectivity index (χ1) is 6.50. The van der Waals surface area contributed by atoms with E-state index in [-0.39, 0.29) is 11.7 Å². The lowest BCUT2D eigenvalue weighted by atomic mass is 10.0. The summed E-state index contributed by atoms with van der Waals surface area (Å²) in [4.78, 5) is 10.5. The second-order valence-electron chi connectivity index (χ2n) is 3.26. The van der Waals surface area contributed by atoms with Crippen molar-refractivity contribution in [2.45, 2.75) is 19.8 Å². The first-order valence-electron chi connectivity index (χ1n) is 4.27. The van der Waals surface area contributed by atoms with Crippen LogP contribution in [0.4, 0.5) is 9.18 Å². The Kier molecular flexibility index (Phi) is 3.06. The number of primary amides is 1. The third kappa shape index (κ3) is 2.45. The fourth-order valence-electron chi connectivity index (χ4n) is 1.18.